The summed E-state index contributed by atoms with van der Waals surface area (Å²) in [6.07, 6.45) is 0. The Hall–Kier alpha value is 3.07. The quantitative estimate of drug-likeness (QED) is 0.305. The largest absolute Gasteiger partial charge is 1.00 e. The Morgan fingerprint density at radius 1 is 1.10 bits per heavy atom. The number of hydrogen-bond donors (Lipinski definition) is 1. The van der Waals surface area contributed by atoms with Crippen LogP contribution in [0.15, 0.2) is 0 Å². The van der Waals surface area contributed by atoms with E-state index in [9.17, 15) is 0 Å². The molecule has 5 nitrogen and oxygen atoms in total. The first-order valence-corrected chi connectivity index (χ1v) is 2.65. The van der Waals surface area contributed by atoms with E-state index in [2.05, 4.69) is 0 Å². The van der Waals surface area contributed by atoms with Gasteiger partial charge in [0.1, 0.15) is 0 Å². The third-order valence-electron chi connectivity index (χ3n) is 0. The van der Waals surface area contributed by atoms with Crippen LogP contribution in [0.4, 0.5) is 0 Å². The summed E-state index contributed by atoms with van der Waals surface area (Å²) in [4.78, 5) is 24.3. The Bertz CT molecular complexity index is 63.0. The summed E-state index contributed by atoms with van der Waals surface area (Å²) in [5.41, 5.74) is 0. The van der Waals surface area contributed by atoms with Gasteiger partial charge in [-0.2, -0.15) is 7.11 Å². The van der Waals surface area contributed by atoms with Crippen molar-refractivity contribution in [3.05, 3.63) is 0 Å². The van der Waals surface area contributed by atoms with E-state index in [-0.39, 0.29) is 88.7 Å². The molecule has 0 aliphatic carbocycles. The minimum Gasteiger partial charge on any atom is -0.857 e. The van der Waals surface area contributed by atoms with Gasteiger partial charge < -0.3 is 24.4 Å². The van der Waals surface area contributed by atoms with Gasteiger partial charge in [-0.25, -0.2) is 0 Å². The van der Waals surface area contributed by atoms with Crippen LogP contribution in [0.1, 0.15) is 0 Å². The van der Waals surface area contributed by atoms with Crippen molar-refractivity contribution in [1.29, 1.82) is 0 Å². The molecule has 0 aliphatic heterocycles. The van der Waals surface area contributed by atoms with Gasteiger partial charge in [0.25, 0.3) is 0 Å². The van der Waals surface area contributed by atoms with Crippen LogP contribution in [0, 0.1) is 0 Å². The minimum atomic E-state index is -5.14. The second kappa shape index (κ2) is 18.0. The molecule has 1 N–H and O–H groups in total. The van der Waals surface area contributed by atoms with Crippen molar-refractivity contribution in [2.45, 2.75) is 0 Å². The van der Waals surface area contributed by atoms with Crippen LogP contribution < -0.4 is 104 Å². The maximum Gasteiger partial charge on any atom is 1.00 e. The zero-order valence-electron chi connectivity index (χ0n) is 6.53. The molecule has 0 heterocycles. The molecular formula is CH4Na3O5P. The van der Waals surface area contributed by atoms with E-state index in [0.717, 1.165) is 7.11 Å². The second-order valence-electron chi connectivity index (χ2n) is 0.469. The van der Waals surface area contributed by atoms with E-state index in [0.29, 0.717) is 0 Å². The summed E-state index contributed by atoms with van der Waals surface area (Å²) >= 11 is 0. The summed E-state index contributed by atoms with van der Waals surface area (Å²) in [5.74, 6) is 0. The van der Waals surface area contributed by atoms with Crippen molar-refractivity contribution >= 4 is 7.82 Å². The summed E-state index contributed by atoms with van der Waals surface area (Å²) in [7, 11) is -4.39. The molecule has 0 amide bonds. The van der Waals surface area contributed by atoms with E-state index >= 15 is 0 Å². The Morgan fingerprint density at radius 3 is 1.10 bits per heavy atom. The predicted molar refractivity (Wildman–Crippen MR) is 15.7 cm³/mol. The van der Waals surface area contributed by atoms with Gasteiger partial charge >= 0.3 is 88.7 Å². The maximum absolute atomic E-state index is 8.66. The average Bonchev–Trinajstić information content (AvgIpc) is 1.36. The molecule has 0 fully saturated rings. The van der Waals surface area contributed by atoms with Crippen molar-refractivity contribution in [2.24, 2.45) is 0 Å². The van der Waals surface area contributed by atoms with Gasteiger partial charge in [-0.15, -0.1) is 0 Å². The molecular weight excluding hydrogens is 192 g/mol. The van der Waals surface area contributed by atoms with Gasteiger partial charge in [-0.05, 0) is 0 Å². The molecule has 0 aliphatic rings. The van der Waals surface area contributed by atoms with Crippen LogP contribution in [0.25, 0.3) is 0 Å². The second-order valence-corrected chi connectivity index (χ2v) is 1.41. The Balaban J connectivity index is -0.0000000154. The first-order valence-electron chi connectivity index (χ1n) is 1.16. The molecule has 0 spiro atoms. The normalized spacial score (nSPS) is 6.50. The van der Waals surface area contributed by atoms with Gasteiger partial charge in [0.05, 0.1) is 7.82 Å². The van der Waals surface area contributed by atoms with E-state index < -0.39 is 7.82 Å². The number of phosphoric acid groups is 1. The van der Waals surface area contributed by atoms with Gasteiger partial charge in [0, 0.05) is 0 Å². The first-order chi connectivity index (χ1) is 3.00. The van der Waals surface area contributed by atoms with Crippen LogP contribution in [0.5, 0.6) is 0 Å². The van der Waals surface area contributed by atoms with Crippen molar-refractivity contribution in [3.8, 4) is 0 Å². The molecule has 0 aromatic heterocycles. The molecule has 0 atom stereocenters. The molecule has 0 aromatic carbocycles. The monoisotopic (exact) mass is 196 g/mol. The third-order valence-corrected chi connectivity index (χ3v) is 0. The van der Waals surface area contributed by atoms with E-state index in [4.69, 9.17) is 24.4 Å². The van der Waals surface area contributed by atoms with Gasteiger partial charge in [0.15, 0.2) is 0 Å². The third kappa shape index (κ3) is 119. The van der Waals surface area contributed by atoms with Gasteiger partial charge in [-0.3, -0.25) is 0 Å². The topological polar surface area (TPSA) is 106 Å². The van der Waals surface area contributed by atoms with Crippen LogP contribution in [-0.2, 0) is 4.57 Å². The fourth-order valence-corrected chi connectivity index (χ4v) is 0. The summed E-state index contributed by atoms with van der Waals surface area (Å²) in [6.45, 7) is 0. The zero-order valence-corrected chi connectivity index (χ0v) is 13.4. The Kier molecular flexibility index (Phi) is 52.6. The molecule has 46 valence electrons. The summed E-state index contributed by atoms with van der Waals surface area (Å²) in [6, 6.07) is 0. The molecule has 0 unspecified atom stereocenters. The van der Waals surface area contributed by atoms with Gasteiger partial charge in [-0.1, -0.05) is 0 Å². The number of hydrogen-bond acceptors (Lipinski definition) is 4. The molecule has 0 saturated carbocycles. The molecule has 0 bridgehead atoms. The van der Waals surface area contributed by atoms with Crippen LogP contribution in [0.3, 0.4) is 0 Å². The van der Waals surface area contributed by atoms with Crippen molar-refractivity contribution in [3.63, 3.8) is 0 Å². The standard InChI is InChI=1S/CH3O.3Na.H3O4P/c1-2;;;;1-5(2,3)4/h1H3;;;;(H3,1,2,3,4)/q-1;3*+1;/p-2. The first kappa shape index (κ1) is 29.2. The molecule has 0 radical (unpaired) electrons. The minimum absolute atomic E-state index is 0. The molecule has 9 heteroatoms. The predicted octanol–water partition coefficient (Wildman–Crippen LogP) is -12.2. The van der Waals surface area contributed by atoms with Crippen LogP contribution in [-0.4, -0.2) is 12.0 Å². The fraction of sp³-hybridized carbons (Fsp3) is 1.00. The smallest absolute Gasteiger partial charge is 0.857 e. The number of rotatable bonds is 0. The molecule has 10 heavy (non-hydrogen) atoms. The van der Waals surface area contributed by atoms with Crippen LogP contribution >= 0.6 is 7.82 Å². The maximum atomic E-state index is 8.66. The summed E-state index contributed by atoms with van der Waals surface area (Å²) < 4.78 is 8.66. The van der Waals surface area contributed by atoms with E-state index in [1.54, 1.807) is 0 Å². The van der Waals surface area contributed by atoms with Crippen molar-refractivity contribution < 1.29 is 113 Å². The van der Waals surface area contributed by atoms with E-state index in [1.807, 2.05) is 0 Å². The SMILES string of the molecule is C[O-].O=P([O-])([O-])O.[Na+].[Na+].[Na+]. The van der Waals surface area contributed by atoms with Crippen molar-refractivity contribution in [1.82, 2.24) is 0 Å². The van der Waals surface area contributed by atoms with E-state index in [1.165, 1.54) is 0 Å². The van der Waals surface area contributed by atoms with Crippen molar-refractivity contribution in [2.75, 3.05) is 7.11 Å². The fourth-order valence-electron chi connectivity index (χ4n) is 0. The zero-order chi connectivity index (χ0) is 6.50. The molecule has 0 rings (SSSR count). The molecule has 0 saturated heterocycles. The Morgan fingerprint density at radius 2 is 1.10 bits per heavy atom. The van der Waals surface area contributed by atoms with Gasteiger partial charge in [0.2, 0.25) is 0 Å². The average molecular weight is 196 g/mol. The molecule has 0 aromatic rings. The Labute approximate surface area is 126 Å². The summed E-state index contributed by atoms with van der Waals surface area (Å²) in [5, 5.41) is 8.25. The van der Waals surface area contributed by atoms with Crippen LogP contribution in [0.2, 0.25) is 0 Å².